The van der Waals surface area contributed by atoms with Crippen molar-refractivity contribution in [1.82, 2.24) is 4.90 Å². The Hall–Kier alpha value is -0.480. The normalized spacial score (nSPS) is 24.0. The van der Waals surface area contributed by atoms with Gasteiger partial charge in [0.1, 0.15) is 6.10 Å². The van der Waals surface area contributed by atoms with Crippen molar-refractivity contribution in [2.75, 3.05) is 20.1 Å². The van der Waals surface area contributed by atoms with Crippen LogP contribution in [0.15, 0.2) is 0 Å². The molecule has 0 saturated carbocycles. The molecule has 5 heteroatoms. The maximum Gasteiger partial charge on any atom is 0.410 e. The van der Waals surface area contributed by atoms with Gasteiger partial charge in [-0.3, -0.25) is 0 Å². The summed E-state index contributed by atoms with van der Waals surface area (Å²) in [5.74, 6) is 0. The van der Waals surface area contributed by atoms with Crippen LogP contribution in [0.5, 0.6) is 0 Å². The number of nitrogens with two attached hydrogens (primary N) is 1. The molecule has 1 rings (SSSR count). The molecule has 0 unspecified atom stereocenters. The molecule has 2 N–H and O–H groups in total. The van der Waals surface area contributed by atoms with Gasteiger partial charge in [-0.15, -0.1) is 12.4 Å². The first-order valence-electron chi connectivity index (χ1n) is 2.86. The average molecular weight is 167 g/mol. The summed E-state index contributed by atoms with van der Waals surface area (Å²) in [4.78, 5) is 12.1. The molecule has 0 bridgehead atoms. The molecule has 0 spiro atoms. The van der Waals surface area contributed by atoms with Crippen molar-refractivity contribution in [2.45, 2.75) is 6.10 Å². The van der Waals surface area contributed by atoms with E-state index in [2.05, 4.69) is 0 Å². The van der Waals surface area contributed by atoms with Crippen LogP contribution in [0, 0.1) is 0 Å². The van der Waals surface area contributed by atoms with Crippen LogP contribution in [-0.4, -0.2) is 37.2 Å². The Morgan fingerprint density at radius 1 is 1.90 bits per heavy atom. The topological polar surface area (TPSA) is 55.6 Å². The first-order valence-corrected chi connectivity index (χ1v) is 2.86. The minimum Gasteiger partial charge on any atom is -0.443 e. The number of amides is 1. The van der Waals surface area contributed by atoms with Gasteiger partial charge in [-0.1, -0.05) is 0 Å². The highest BCUT2D eigenvalue weighted by Crippen LogP contribution is 2.06. The van der Waals surface area contributed by atoms with Crippen molar-refractivity contribution in [2.24, 2.45) is 5.73 Å². The van der Waals surface area contributed by atoms with Gasteiger partial charge in [0, 0.05) is 13.6 Å². The Kier molecular flexibility index (Phi) is 3.46. The summed E-state index contributed by atoms with van der Waals surface area (Å²) in [7, 11) is 1.69. The van der Waals surface area contributed by atoms with E-state index in [0.29, 0.717) is 13.1 Å². The minimum atomic E-state index is -0.273. The van der Waals surface area contributed by atoms with E-state index in [1.54, 1.807) is 7.05 Å². The highest BCUT2D eigenvalue weighted by molar-refractivity contribution is 5.85. The van der Waals surface area contributed by atoms with Crippen molar-refractivity contribution in [1.29, 1.82) is 0 Å². The Labute approximate surface area is 65.7 Å². The predicted molar refractivity (Wildman–Crippen MR) is 39.2 cm³/mol. The highest BCUT2D eigenvalue weighted by Gasteiger charge is 2.26. The molecule has 1 aliphatic rings. The number of hydrogen-bond donors (Lipinski definition) is 1. The molecule has 4 nitrogen and oxygen atoms in total. The molecule has 1 heterocycles. The Morgan fingerprint density at radius 3 is 2.70 bits per heavy atom. The Bertz CT molecular complexity index is 131. The van der Waals surface area contributed by atoms with Crippen LogP contribution in [0.4, 0.5) is 4.79 Å². The minimum absolute atomic E-state index is 0. The van der Waals surface area contributed by atoms with Gasteiger partial charge in [-0.2, -0.15) is 0 Å². The van der Waals surface area contributed by atoms with E-state index in [9.17, 15) is 4.79 Å². The summed E-state index contributed by atoms with van der Waals surface area (Å²) in [6, 6.07) is 0. The molecule has 1 amide bonds. The van der Waals surface area contributed by atoms with Gasteiger partial charge in [0.2, 0.25) is 0 Å². The maximum absolute atomic E-state index is 10.6. The maximum atomic E-state index is 10.6. The summed E-state index contributed by atoms with van der Waals surface area (Å²) in [5.41, 5.74) is 5.25. The third-order valence-corrected chi connectivity index (χ3v) is 1.32. The highest BCUT2D eigenvalue weighted by atomic mass is 35.5. The number of hydrogen-bond acceptors (Lipinski definition) is 3. The molecule has 1 atom stereocenters. The van der Waals surface area contributed by atoms with Crippen molar-refractivity contribution < 1.29 is 9.53 Å². The smallest absolute Gasteiger partial charge is 0.410 e. The lowest BCUT2D eigenvalue weighted by Gasteiger charge is -2.01. The number of rotatable bonds is 1. The van der Waals surface area contributed by atoms with Gasteiger partial charge < -0.3 is 15.4 Å². The summed E-state index contributed by atoms with van der Waals surface area (Å²) in [5, 5.41) is 0. The molecule has 60 valence electrons. The standard InChI is InChI=1S/C5H10N2O2.ClH/c1-7-3-4(2-6)9-5(7)8;/h4H,2-3,6H2,1H3;1H/t4-;/m1./s1. The van der Waals surface area contributed by atoms with E-state index in [1.807, 2.05) is 0 Å². The monoisotopic (exact) mass is 166 g/mol. The molecular weight excluding hydrogens is 156 g/mol. The lowest BCUT2D eigenvalue weighted by atomic mass is 10.4. The van der Waals surface area contributed by atoms with Gasteiger partial charge in [0.05, 0.1) is 6.54 Å². The molecule has 0 aliphatic carbocycles. The number of carbonyl (C=O) groups excluding carboxylic acids is 1. The number of nitrogens with zero attached hydrogens (tertiary/aromatic N) is 1. The van der Waals surface area contributed by atoms with Crippen LogP contribution in [-0.2, 0) is 4.74 Å². The van der Waals surface area contributed by atoms with Crippen LogP contribution in [0.1, 0.15) is 0 Å². The second-order valence-corrected chi connectivity index (χ2v) is 2.12. The van der Waals surface area contributed by atoms with Crippen LogP contribution in [0.25, 0.3) is 0 Å². The lowest BCUT2D eigenvalue weighted by molar-refractivity contribution is 0.137. The molecule has 10 heavy (non-hydrogen) atoms. The van der Waals surface area contributed by atoms with Crippen molar-refractivity contribution in [3.63, 3.8) is 0 Å². The molecule has 1 saturated heterocycles. The third kappa shape index (κ3) is 1.75. The van der Waals surface area contributed by atoms with Crippen molar-refractivity contribution in [3.8, 4) is 0 Å². The van der Waals surface area contributed by atoms with Crippen LogP contribution < -0.4 is 5.73 Å². The number of carbonyl (C=O) groups is 1. The number of cyclic esters (lactones) is 1. The van der Waals surface area contributed by atoms with E-state index in [0.717, 1.165) is 0 Å². The largest absolute Gasteiger partial charge is 0.443 e. The number of halogens is 1. The fraction of sp³-hybridized carbons (Fsp3) is 0.800. The molecule has 0 aromatic rings. The zero-order chi connectivity index (χ0) is 6.85. The summed E-state index contributed by atoms with van der Waals surface area (Å²) < 4.78 is 4.78. The molecule has 0 radical (unpaired) electrons. The zero-order valence-corrected chi connectivity index (χ0v) is 6.56. The molecule has 0 aromatic heterocycles. The van der Waals surface area contributed by atoms with E-state index >= 15 is 0 Å². The fourth-order valence-corrected chi connectivity index (χ4v) is 0.772. The first kappa shape index (κ1) is 9.52. The molecular formula is C5H11ClN2O2. The quantitative estimate of drug-likeness (QED) is 0.588. The van der Waals surface area contributed by atoms with Gasteiger partial charge >= 0.3 is 6.09 Å². The van der Waals surface area contributed by atoms with Crippen LogP contribution in [0.3, 0.4) is 0 Å². The Morgan fingerprint density at radius 2 is 2.50 bits per heavy atom. The second-order valence-electron chi connectivity index (χ2n) is 2.12. The van der Waals surface area contributed by atoms with Gasteiger partial charge in [0.25, 0.3) is 0 Å². The number of likely N-dealkylation sites (N-methyl/N-ethyl adjacent to an activating group) is 1. The van der Waals surface area contributed by atoms with Gasteiger partial charge in [0.15, 0.2) is 0 Å². The van der Waals surface area contributed by atoms with Crippen molar-refractivity contribution in [3.05, 3.63) is 0 Å². The average Bonchev–Trinajstić information content (AvgIpc) is 2.13. The summed E-state index contributed by atoms with van der Waals surface area (Å²) in [6.45, 7) is 1.03. The van der Waals surface area contributed by atoms with Gasteiger partial charge in [-0.25, -0.2) is 4.79 Å². The molecule has 0 aromatic carbocycles. The first-order chi connectivity index (χ1) is 4.24. The molecule has 1 aliphatic heterocycles. The Balaban J connectivity index is 0.000000810. The lowest BCUT2D eigenvalue weighted by Crippen LogP contribution is -2.24. The van der Waals surface area contributed by atoms with Crippen LogP contribution in [0.2, 0.25) is 0 Å². The number of ether oxygens (including phenoxy) is 1. The fourth-order valence-electron chi connectivity index (χ4n) is 0.772. The predicted octanol–water partition coefficient (Wildman–Crippen LogP) is -0.183. The zero-order valence-electron chi connectivity index (χ0n) is 5.74. The van der Waals surface area contributed by atoms with E-state index in [4.69, 9.17) is 10.5 Å². The van der Waals surface area contributed by atoms with Crippen LogP contribution >= 0.6 is 12.4 Å². The van der Waals surface area contributed by atoms with E-state index < -0.39 is 0 Å². The summed E-state index contributed by atoms with van der Waals surface area (Å²) in [6.07, 6.45) is -0.368. The molecule has 1 fully saturated rings. The SMILES string of the molecule is CN1C[C@@H](CN)OC1=O.Cl. The van der Waals surface area contributed by atoms with Gasteiger partial charge in [-0.05, 0) is 0 Å². The van der Waals surface area contributed by atoms with E-state index in [1.165, 1.54) is 4.90 Å². The van der Waals surface area contributed by atoms with E-state index in [-0.39, 0.29) is 24.6 Å². The third-order valence-electron chi connectivity index (χ3n) is 1.32. The second kappa shape index (κ2) is 3.63. The van der Waals surface area contributed by atoms with Crippen molar-refractivity contribution >= 4 is 18.5 Å². The summed E-state index contributed by atoms with van der Waals surface area (Å²) >= 11 is 0.